The number of nitrogens with zero attached hydrogens (tertiary/aromatic N) is 3. The number of hydrogen-bond donors (Lipinski definition) is 1. The lowest BCUT2D eigenvalue weighted by molar-refractivity contribution is 0.222. The van der Waals surface area contributed by atoms with E-state index in [0.717, 1.165) is 31.0 Å². The van der Waals surface area contributed by atoms with E-state index in [1.54, 1.807) is 0 Å². The van der Waals surface area contributed by atoms with Crippen molar-refractivity contribution in [2.45, 2.75) is 65.5 Å². The SMILES string of the molecule is CCCNCc1cncc(N(C)C2CCC(C)(C)CC2)n1. The van der Waals surface area contributed by atoms with Crippen molar-refractivity contribution in [1.29, 1.82) is 0 Å². The van der Waals surface area contributed by atoms with Crippen LogP contribution in [0.5, 0.6) is 0 Å². The van der Waals surface area contributed by atoms with Crippen molar-refractivity contribution in [2.75, 3.05) is 18.5 Å². The van der Waals surface area contributed by atoms with Crippen molar-refractivity contribution < 1.29 is 0 Å². The van der Waals surface area contributed by atoms with Gasteiger partial charge in [-0.3, -0.25) is 4.98 Å². The van der Waals surface area contributed by atoms with Crippen LogP contribution in [0.25, 0.3) is 0 Å². The molecule has 0 unspecified atom stereocenters. The Bertz CT molecular complexity index is 434. The molecule has 0 saturated heterocycles. The Morgan fingerprint density at radius 3 is 2.67 bits per heavy atom. The number of hydrogen-bond acceptors (Lipinski definition) is 4. The van der Waals surface area contributed by atoms with Crippen LogP contribution < -0.4 is 10.2 Å². The Morgan fingerprint density at radius 2 is 2.00 bits per heavy atom. The molecule has 1 heterocycles. The van der Waals surface area contributed by atoms with Crippen LogP contribution in [0.15, 0.2) is 12.4 Å². The number of nitrogens with one attached hydrogen (secondary N) is 1. The predicted molar refractivity (Wildman–Crippen MR) is 88.5 cm³/mol. The molecule has 0 bridgehead atoms. The molecule has 0 atom stereocenters. The lowest BCUT2D eigenvalue weighted by Gasteiger charge is -2.39. The van der Waals surface area contributed by atoms with Crippen LogP contribution in [-0.2, 0) is 6.54 Å². The third-order valence-corrected chi connectivity index (χ3v) is 4.62. The zero-order valence-corrected chi connectivity index (χ0v) is 14.0. The normalized spacial score (nSPS) is 18.7. The van der Waals surface area contributed by atoms with E-state index in [9.17, 15) is 0 Å². The second-order valence-corrected chi connectivity index (χ2v) is 7.05. The smallest absolute Gasteiger partial charge is 0.147 e. The maximum atomic E-state index is 4.76. The van der Waals surface area contributed by atoms with E-state index in [1.807, 2.05) is 12.4 Å². The second kappa shape index (κ2) is 7.21. The molecule has 2 rings (SSSR count). The molecule has 1 saturated carbocycles. The molecular formula is C17H30N4. The highest BCUT2D eigenvalue weighted by atomic mass is 15.2. The van der Waals surface area contributed by atoms with Gasteiger partial charge in [0, 0.05) is 25.8 Å². The van der Waals surface area contributed by atoms with Crippen LogP contribution in [0.2, 0.25) is 0 Å². The van der Waals surface area contributed by atoms with Crippen LogP contribution in [0.4, 0.5) is 5.82 Å². The highest BCUT2D eigenvalue weighted by molar-refractivity contribution is 5.36. The first-order valence-electron chi connectivity index (χ1n) is 8.26. The van der Waals surface area contributed by atoms with Crippen molar-refractivity contribution in [3.63, 3.8) is 0 Å². The fourth-order valence-corrected chi connectivity index (χ4v) is 3.00. The average Bonchev–Trinajstić information content (AvgIpc) is 2.47. The molecule has 0 amide bonds. The average molecular weight is 290 g/mol. The van der Waals surface area contributed by atoms with Gasteiger partial charge >= 0.3 is 0 Å². The monoisotopic (exact) mass is 290 g/mol. The van der Waals surface area contributed by atoms with E-state index in [0.29, 0.717) is 11.5 Å². The predicted octanol–water partition coefficient (Wildman–Crippen LogP) is 3.38. The van der Waals surface area contributed by atoms with Gasteiger partial charge in [-0.05, 0) is 44.1 Å². The summed E-state index contributed by atoms with van der Waals surface area (Å²) in [4.78, 5) is 11.4. The largest absolute Gasteiger partial charge is 0.355 e. The van der Waals surface area contributed by atoms with Gasteiger partial charge in [-0.1, -0.05) is 20.8 Å². The molecule has 4 heteroatoms. The summed E-state index contributed by atoms with van der Waals surface area (Å²) >= 11 is 0. The minimum absolute atomic E-state index is 0.509. The highest BCUT2D eigenvalue weighted by Gasteiger charge is 2.29. The third-order valence-electron chi connectivity index (χ3n) is 4.62. The maximum absolute atomic E-state index is 4.76. The van der Waals surface area contributed by atoms with E-state index in [1.165, 1.54) is 25.7 Å². The van der Waals surface area contributed by atoms with Gasteiger partial charge in [0.1, 0.15) is 5.82 Å². The fourth-order valence-electron chi connectivity index (χ4n) is 3.00. The van der Waals surface area contributed by atoms with Gasteiger partial charge in [0.25, 0.3) is 0 Å². The van der Waals surface area contributed by atoms with Crippen LogP contribution in [0.1, 0.15) is 58.6 Å². The summed E-state index contributed by atoms with van der Waals surface area (Å²) in [5.74, 6) is 1.01. The lowest BCUT2D eigenvalue weighted by Crippen LogP contribution is -2.37. The highest BCUT2D eigenvalue weighted by Crippen LogP contribution is 2.37. The lowest BCUT2D eigenvalue weighted by atomic mass is 9.75. The van der Waals surface area contributed by atoms with Gasteiger partial charge in [0.05, 0.1) is 11.9 Å². The second-order valence-electron chi connectivity index (χ2n) is 7.05. The molecule has 1 aromatic rings. The standard InChI is InChI=1S/C17H30N4/c1-5-10-18-11-14-12-19-13-16(20-14)21(4)15-6-8-17(2,3)9-7-15/h12-13,15,18H,5-11H2,1-4H3. The molecule has 1 aliphatic rings. The molecule has 1 aliphatic carbocycles. The Labute approximate surface area is 129 Å². The van der Waals surface area contributed by atoms with E-state index < -0.39 is 0 Å². The minimum Gasteiger partial charge on any atom is -0.355 e. The minimum atomic E-state index is 0.509. The van der Waals surface area contributed by atoms with Gasteiger partial charge in [-0.25, -0.2) is 4.98 Å². The zero-order valence-electron chi connectivity index (χ0n) is 14.0. The molecule has 21 heavy (non-hydrogen) atoms. The molecule has 4 nitrogen and oxygen atoms in total. The van der Waals surface area contributed by atoms with Crippen molar-refractivity contribution in [3.05, 3.63) is 18.1 Å². The Balaban J connectivity index is 1.96. The molecule has 0 spiro atoms. The molecule has 0 aromatic carbocycles. The quantitative estimate of drug-likeness (QED) is 0.815. The summed E-state index contributed by atoms with van der Waals surface area (Å²) in [5, 5.41) is 3.39. The van der Waals surface area contributed by atoms with Crippen LogP contribution in [0.3, 0.4) is 0 Å². The number of rotatable bonds is 6. The van der Waals surface area contributed by atoms with Crippen LogP contribution in [0, 0.1) is 5.41 Å². The third kappa shape index (κ3) is 4.67. The van der Waals surface area contributed by atoms with Crippen molar-refractivity contribution in [2.24, 2.45) is 5.41 Å². The molecule has 1 N–H and O–H groups in total. The summed E-state index contributed by atoms with van der Waals surface area (Å²) in [6.45, 7) is 8.76. The summed E-state index contributed by atoms with van der Waals surface area (Å²) in [6, 6.07) is 0.603. The van der Waals surface area contributed by atoms with E-state index in [2.05, 4.69) is 43.0 Å². The van der Waals surface area contributed by atoms with E-state index >= 15 is 0 Å². The first-order valence-corrected chi connectivity index (χ1v) is 8.26. The zero-order chi connectivity index (χ0) is 15.3. The number of aromatic nitrogens is 2. The summed E-state index contributed by atoms with van der Waals surface area (Å²) in [7, 11) is 2.16. The molecule has 1 fully saturated rings. The molecule has 0 radical (unpaired) electrons. The van der Waals surface area contributed by atoms with Gasteiger partial charge in [0.2, 0.25) is 0 Å². The fraction of sp³-hybridized carbons (Fsp3) is 0.765. The molecular weight excluding hydrogens is 260 g/mol. The van der Waals surface area contributed by atoms with Crippen LogP contribution >= 0.6 is 0 Å². The van der Waals surface area contributed by atoms with Gasteiger partial charge in [-0.15, -0.1) is 0 Å². The Hall–Kier alpha value is -1.16. The van der Waals surface area contributed by atoms with E-state index in [-0.39, 0.29) is 0 Å². The molecule has 118 valence electrons. The van der Waals surface area contributed by atoms with Crippen molar-refractivity contribution in [3.8, 4) is 0 Å². The molecule has 0 aliphatic heterocycles. The van der Waals surface area contributed by atoms with E-state index in [4.69, 9.17) is 4.98 Å². The van der Waals surface area contributed by atoms with Gasteiger partial charge < -0.3 is 10.2 Å². The topological polar surface area (TPSA) is 41.1 Å². The number of anilines is 1. The summed E-state index contributed by atoms with van der Waals surface area (Å²) in [6.07, 6.45) is 10.0. The Kier molecular flexibility index (Phi) is 5.57. The van der Waals surface area contributed by atoms with Crippen LogP contribution in [-0.4, -0.2) is 29.6 Å². The Morgan fingerprint density at radius 1 is 1.29 bits per heavy atom. The summed E-state index contributed by atoms with van der Waals surface area (Å²) in [5.41, 5.74) is 1.54. The van der Waals surface area contributed by atoms with Gasteiger partial charge in [0.15, 0.2) is 0 Å². The van der Waals surface area contributed by atoms with Crippen molar-refractivity contribution >= 4 is 5.82 Å². The molecule has 1 aromatic heterocycles. The maximum Gasteiger partial charge on any atom is 0.147 e. The summed E-state index contributed by atoms with van der Waals surface area (Å²) < 4.78 is 0. The van der Waals surface area contributed by atoms with Crippen molar-refractivity contribution in [1.82, 2.24) is 15.3 Å². The first kappa shape index (κ1) is 16.2. The van der Waals surface area contributed by atoms with Gasteiger partial charge in [-0.2, -0.15) is 0 Å². The first-order chi connectivity index (χ1) is 10.0.